The number of rotatable bonds is 2. The zero-order valence-electron chi connectivity index (χ0n) is 12.8. The summed E-state index contributed by atoms with van der Waals surface area (Å²) in [6.45, 7) is 8.37. The molecule has 3 atom stereocenters. The normalized spacial score (nSPS) is 28.9. The topological polar surface area (TPSA) is 68.0 Å². The molecule has 20 heavy (non-hydrogen) atoms. The van der Waals surface area contributed by atoms with Crippen LogP contribution in [0.15, 0.2) is 18.3 Å². The lowest BCUT2D eigenvalue weighted by atomic mass is 9.61. The summed E-state index contributed by atoms with van der Waals surface area (Å²) in [5, 5.41) is 2.99. The molecule has 1 aliphatic carbocycles. The van der Waals surface area contributed by atoms with Crippen molar-refractivity contribution in [1.82, 2.24) is 4.98 Å². The first-order chi connectivity index (χ1) is 9.32. The second kappa shape index (κ2) is 5.52. The molecule has 110 valence electrons. The van der Waals surface area contributed by atoms with Gasteiger partial charge in [0.25, 0.3) is 0 Å². The molecule has 2 rings (SSSR count). The van der Waals surface area contributed by atoms with E-state index < -0.39 is 0 Å². The SMILES string of the molecule is Cc1ccc(NC(=O)C2CCC(N)C(C)C2(C)C)cn1. The summed E-state index contributed by atoms with van der Waals surface area (Å²) < 4.78 is 0. The molecule has 1 amide bonds. The molecule has 1 fully saturated rings. The fourth-order valence-corrected chi connectivity index (χ4v) is 3.09. The van der Waals surface area contributed by atoms with E-state index >= 15 is 0 Å². The fourth-order valence-electron chi connectivity index (χ4n) is 3.09. The monoisotopic (exact) mass is 275 g/mol. The van der Waals surface area contributed by atoms with Gasteiger partial charge in [-0.05, 0) is 43.2 Å². The molecule has 3 unspecified atom stereocenters. The quantitative estimate of drug-likeness (QED) is 0.872. The van der Waals surface area contributed by atoms with Crippen LogP contribution in [0.3, 0.4) is 0 Å². The van der Waals surface area contributed by atoms with Crippen molar-refractivity contribution in [3.63, 3.8) is 0 Å². The first kappa shape index (κ1) is 15.0. The minimum atomic E-state index is -0.0835. The van der Waals surface area contributed by atoms with Crippen molar-refractivity contribution in [2.75, 3.05) is 5.32 Å². The van der Waals surface area contributed by atoms with Crippen LogP contribution in [0.2, 0.25) is 0 Å². The number of anilines is 1. The summed E-state index contributed by atoms with van der Waals surface area (Å²) >= 11 is 0. The van der Waals surface area contributed by atoms with Crippen molar-refractivity contribution in [3.05, 3.63) is 24.0 Å². The molecule has 1 saturated carbocycles. The maximum Gasteiger partial charge on any atom is 0.228 e. The van der Waals surface area contributed by atoms with E-state index in [-0.39, 0.29) is 23.3 Å². The number of carbonyl (C=O) groups is 1. The Labute approximate surface area is 121 Å². The highest BCUT2D eigenvalue weighted by molar-refractivity contribution is 5.93. The number of nitrogens with two attached hydrogens (primary N) is 1. The lowest BCUT2D eigenvalue weighted by molar-refractivity contribution is -0.127. The van der Waals surface area contributed by atoms with Gasteiger partial charge in [-0.2, -0.15) is 0 Å². The predicted octanol–water partition coefficient (Wildman–Crippen LogP) is 2.73. The van der Waals surface area contributed by atoms with Crippen LogP contribution in [0.1, 0.15) is 39.3 Å². The van der Waals surface area contributed by atoms with Crippen LogP contribution >= 0.6 is 0 Å². The maximum absolute atomic E-state index is 12.5. The Bertz CT molecular complexity index is 481. The Balaban J connectivity index is 2.10. The molecular formula is C16H25N3O. The molecule has 0 radical (unpaired) electrons. The van der Waals surface area contributed by atoms with Gasteiger partial charge in [0.05, 0.1) is 11.9 Å². The number of hydrogen-bond donors (Lipinski definition) is 2. The minimum Gasteiger partial charge on any atom is -0.327 e. The summed E-state index contributed by atoms with van der Waals surface area (Å²) in [5.74, 6) is 0.418. The van der Waals surface area contributed by atoms with Crippen LogP contribution in [0.25, 0.3) is 0 Å². The van der Waals surface area contributed by atoms with Gasteiger partial charge in [0.1, 0.15) is 0 Å². The van der Waals surface area contributed by atoms with E-state index in [4.69, 9.17) is 5.73 Å². The van der Waals surface area contributed by atoms with Gasteiger partial charge in [-0.25, -0.2) is 0 Å². The van der Waals surface area contributed by atoms with Gasteiger partial charge in [-0.15, -0.1) is 0 Å². The summed E-state index contributed by atoms with van der Waals surface area (Å²) in [6, 6.07) is 3.99. The third-order valence-corrected chi connectivity index (χ3v) is 5.00. The zero-order valence-corrected chi connectivity index (χ0v) is 12.8. The second-order valence-electron chi connectivity index (χ2n) is 6.58. The van der Waals surface area contributed by atoms with E-state index in [9.17, 15) is 4.79 Å². The molecule has 1 aliphatic rings. The highest BCUT2D eigenvalue weighted by Crippen LogP contribution is 2.44. The number of aromatic nitrogens is 1. The van der Waals surface area contributed by atoms with Crippen molar-refractivity contribution in [2.45, 2.75) is 46.6 Å². The highest BCUT2D eigenvalue weighted by atomic mass is 16.1. The molecule has 4 nitrogen and oxygen atoms in total. The van der Waals surface area contributed by atoms with E-state index in [1.807, 2.05) is 19.1 Å². The van der Waals surface area contributed by atoms with E-state index in [0.29, 0.717) is 5.92 Å². The predicted molar refractivity (Wildman–Crippen MR) is 81.2 cm³/mol. The van der Waals surface area contributed by atoms with E-state index in [0.717, 1.165) is 24.2 Å². The Morgan fingerprint density at radius 3 is 2.70 bits per heavy atom. The van der Waals surface area contributed by atoms with Crippen molar-refractivity contribution in [2.24, 2.45) is 23.0 Å². The molecule has 0 bridgehead atoms. The molecule has 0 spiro atoms. The maximum atomic E-state index is 12.5. The average molecular weight is 275 g/mol. The Kier molecular flexibility index (Phi) is 4.14. The Morgan fingerprint density at radius 2 is 2.10 bits per heavy atom. The van der Waals surface area contributed by atoms with Crippen LogP contribution in [-0.4, -0.2) is 16.9 Å². The number of nitrogens with zero attached hydrogens (tertiary/aromatic N) is 1. The lowest BCUT2D eigenvalue weighted by Crippen LogP contribution is -2.50. The Morgan fingerprint density at radius 1 is 1.40 bits per heavy atom. The number of amides is 1. The standard InChI is InChI=1S/C16H25N3O/c1-10-5-6-12(9-18-10)19-15(20)13-7-8-14(17)11(2)16(13,3)4/h5-6,9,11,13-14H,7-8,17H2,1-4H3,(H,19,20). The number of pyridine rings is 1. The third-order valence-electron chi connectivity index (χ3n) is 5.00. The van der Waals surface area contributed by atoms with Crippen molar-refractivity contribution in [1.29, 1.82) is 0 Å². The van der Waals surface area contributed by atoms with Gasteiger partial charge in [-0.1, -0.05) is 20.8 Å². The third kappa shape index (κ3) is 2.85. The number of carbonyl (C=O) groups excluding carboxylic acids is 1. The molecule has 1 aromatic heterocycles. The number of nitrogens with one attached hydrogen (secondary N) is 1. The zero-order chi connectivity index (χ0) is 14.9. The van der Waals surface area contributed by atoms with E-state index in [1.54, 1.807) is 6.20 Å². The van der Waals surface area contributed by atoms with Crippen molar-refractivity contribution < 1.29 is 4.79 Å². The molecule has 4 heteroatoms. The average Bonchev–Trinajstić information content (AvgIpc) is 2.38. The molecule has 1 aromatic rings. The van der Waals surface area contributed by atoms with Crippen LogP contribution < -0.4 is 11.1 Å². The van der Waals surface area contributed by atoms with Crippen LogP contribution in [0, 0.1) is 24.2 Å². The van der Waals surface area contributed by atoms with Gasteiger partial charge >= 0.3 is 0 Å². The van der Waals surface area contributed by atoms with Crippen LogP contribution in [0.4, 0.5) is 5.69 Å². The minimum absolute atomic E-state index is 0.00129. The van der Waals surface area contributed by atoms with Gasteiger partial charge in [-0.3, -0.25) is 9.78 Å². The van der Waals surface area contributed by atoms with Crippen LogP contribution in [-0.2, 0) is 4.79 Å². The van der Waals surface area contributed by atoms with Gasteiger partial charge in [0, 0.05) is 17.7 Å². The molecule has 1 heterocycles. The van der Waals surface area contributed by atoms with E-state index in [2.05, 4.69) is 31.1 Å². The smallest absolute Gasteiger partial charge is 0.228 e. The molecule has 0 aromatic carbocycles. The van der Waals surface area contributed by atoms with E-state index in [1.165, 1.54) is 0 Å². The summed E-state index contributed by atoms with van der Waals surface area (Å²) in [4.78, 5) is 16.7. The van der Waals surface area contributed by atoms with Gasteiger partial charge in [0.2, 0.25) is 5.91 Å². The molecule has 0 saturated heterocycles. The summed E-state index contributed by atoms with van der Waals surface area (Å²) in [6.07, 6.45) is 3.47. The Hall–Kier alpha value is -1.42. The van der Waals surface area contributed by atoms with Crippen LogP contribution in [0.5, 0.6) is 0 Å². The molecular weight excluding hydrogens is 250 g/mol. The number of aryl methyl sites for hydroxylation is 1. The highest BCUT2D eigenvalue weighted by Gasteiger charge is 2.44. The largest absolute Gasteiger partial charge is 0.327 e. The fraction of sp³-hybridized carbons (Fsp3) is 0.625. The first-order valence-electron chi connectivity index (χ1n) is 7.31. The second-order valence-corrected chi connectivity index (χ2v) is 6.58. The summed E-state index contributed by atoms with van der Waals surface area (Å²) in [7, 11) is 0. The number of hydrogen-bond acceptors (Lipinski definition) is 3. The van der Waals surface area contributed by atoms with Crippen molar-refractivity contribution in [3.8, 4) is 0 Å². The molecule has 3 N–H and O–H groups in total. The van der Waals surface area contributed by atoms with Gasteiger partial charge < -0.3 is 11.1 Å². The molecule has 0 aliphatic heterocycles. The van der Waals surface area contributed by atoms with Gasteiger partial charge in [0.15, 0.2) is 0 Å². The summed E-state index contributed by atoms with van der Waals surface area (Å²) in [5.41, 5.74) is 7.77. The first-order valence-corrected chi connectivity index (χ1v) is 7.31. The lowest BCUT2D eigenvalue weighted by Gasteiger charge is -2.46. The van der Waals surface area contributed by atoms with Crippen molar-refractivity contribution >= 4 is 11.6 Å².